The molecule has 5 nitrogen and oxygen atoms in total. The number of benzene rings is 1. The molecule has 2 heterocycles. The van der Waals surface area contributed by atoms with E-state index in [1.54, 1.807) is 11.3 Å². The molecule has 0 bridgehead atoms. The molecule has 1 amide bonds. The van der Waals surface area contributed by atoms with Crippen LogP contribution in [0.1, 0.15) is 13.8 Å². The van der Waals surface area contributed by atoms with Crippen molar-refractivity contribution < 1.29 is 4.79 Å². The van der Waals surface area contributed by atoms with E-state index in [9.17, 15) is 4.79 Å². The largest absolute Gasteiger partial charge is 0.325 e. The van der Waals surface area contributed by atoms with Crippen LogP contribution in [0.25, 0.3) is 10.7 Å². The summed E-state index contributed by atoms with van der Waals surface area (Å²) in [6, 6.07) is 11.5. The van der Waals surface area contributed by atoms with E-state index >= 15 is 0 Å². The molecule has 3 rings (SSSR count). The summed E-state index contributed by atoms with van der Waals surface area (Å²) in [6.07, 6.45) is 0. The molecule has 1 unspecified atom stereocenters. The lowest BCUT2D eigenvalue weighted by atomic mass is 10.3. The molecule has 0 spiro atoms. The molecule has 0 fully saturated rings. The highest BCUT2D eigenvalue weighted by molar-refractivity contribution is 9.10. The molecule has 0 aliphatic carbocycles. The number of hydrogen-bond donors (Lipinski definition) is 1. The van der Waals surface area contributed by atoms with Crippen LogP contribution >= 0.6 is 39.0 Å². The van der Waals surface area contributed by atoms with Gasteiger partial charge in [0.2, 0.25) is 5.91 Å². The number of halogens is 1. The van der Waals surface area contributed by atoms with Crippen molar-refractivity contribution in [2.24, 2.45) is 0 Å². The summed E-state index contributed by atoms with van der Waals surface area (Å²) in [5.74, 6) is 0.788. The number of thioether (sulfide) groups is 1. The van der Waals surface area contributed by atoms with Gasteiger partial charge in [0.1, 0.15) is 0 Å². The minimum Gasteiger partial charge on any atom is -0.325 e. The van der Waals surface area contributed by atoms with Gasteiger partial charge in [-0.2, -0.15) is 0 Å². The van der Waals surface area contributed by atoms with Gasteiger partial charge >= 0.3 is 0 Å². The Morgan fingerprint density at radius 2 is 2.08 bits per heavy atom. The van der Waals surface area contributed by atoms with Crippen LogP contribution in [-0.2, 0) is 11.3 Å². The first-order valence-electron chi connectivity index (χ1n) is 7.78. The lowest BCUT2D eigenvalue weighted by Gasteiger charge is -2.12. The van der Waals surface area contributed by atoms with Crippen LogP contribution < -0.4 is 5.32 Å². The molecule has 130 valence electrons. The lowest BCUT2D eigenvalue weighted by molar-refractivity contribution is -0.115. The number of aromatic nitrogens is 3. The Labute approximate surface area is 163 Å². The maximum Gasteiger partial charge on any atom is 0.237 e. The maximum atomic E-state index is 12.4. The van der Waals surface area contributed by atoms with E-state index in [1.807, 2.05) is 53.3 Å². The maximum absolute atomic E-state index is 12.4. The third kappa shape index (κ3) is 4.31. The Morgan fingerprint density at radius 1 is 1.32 bits per heavy atom. The van der Waals surface area contributed by atoms with Gasteiger partial charge in [-0.3, -0.25) is 4.79 Å². The lowest BCUT2D eigenvalue weighted by Crippen LogP contribution is -2.22. The fourth-order valence-corrected chi connectivity index (χ4v) is 4.13. The van der Waals surface area contributed by atoms with Crippen molar-refractivity contribution in [3.05, 3.63) is 46.3 Å². The van der Waals surface area contributed by atoms with Gasteiger partial charge < -0.3 is 9.88 Å². The van der Waals surface area contributed by atoms with Crippen molar-refractivity contribution in [2.45, 2.75) is 30.8 Å². The zero-order chi connectivity index (χ0) is 17.8. The molecule has 0 aliphatic rings. The summed E-state index contributed by atoms with van der Waals surface area (Å²) in [6.45, 7) is 4.68. The fourth-order valence-electron chi connectivity index (χ4n) is 2.24. The Bertz CT molecular complexity index is 846. The zero-order valence-electron chi connectivity index (χ0n) is 13.8. The minimum atomic E-state index is -0.283. The third-order valence-corrected chi connectivity index (χ3v) is 6.01. The van der Waals surface area contributed by atoms with Crippen molar-refractivity contribution in [1.82, 2.24) is 14.8 Å². The standard InChI is InChI=1S/C17H17BrN4OS2/c1-3-22-15(14-5-4-10-24-14)20-21-17(22)25-11(2)16(23)19-13-8-6-12(18)7-9-13/h4-11H,3H2,1-2H3,(H,19,23). The normalized spacial score (nSPS) is 12.1. The van der Waals surface area contributed by atoms with Crippen LogP contribution in [0.3, 0.4) is 0 Å². The van der Waals surface area contributed by atoms with Crippen LogP contribution in [0.2, 0.25) is 0 Å². The summed E-state index contributed by atoms with van der Waals surface area (Å²) in [7, 11) is 0. The second-order valence-electron chi connectivity index (χ2n) is 5.28. The number of nitrogens with zero attached hydrogens (tertiary/aromatic N) is 3. The number of anilines is 1. The average Bonchev–Trinajstić information content (AvgIpc) is 3.25. The monoisotopic (exact) mass is 436 g/mol. The molecular weight excluding hydrogens is 420 g/mol. The number of carbonyl (C=O) groups excluding carboxylic acids is 1. The van der Waals surface area contributed by atoms with Gasteiger partial charge in [0.05, 0.1) is 10.1 Å². The number of amides is 1. The zero-order valence-corrected chi connectivity index (χ0v) is 17.0. The molecule has 1 aromatic carbocycles. The van der Waals surface area contributed by atoms with E-state index in [1.165, 1.54) is 11.8 Å². The molecular formula is C17H17BrN4OS2. The second-order valence-corrected chi connectivity index (χ2v) is 8.46. The molecule has 0 radical (unpaired) electrons. The number of hydrogen-bond acceptors (Lipinski definition) is 5. The molecule has 25 heavy (non-hydrogen) atoms. The second kappa shape index (κ2) is 8.16. The summed E-state index contributed by atoms with van der Waals surface area (Å²) >= 11 is 6.43. The quantitative estimate of drug-likeness (QED) is 0.557. The van der Waals surface area contributed by atoms with Crippen molar-refractivity contribution in [3.63, 3.8) is 0 Å². The first-order valence-corrected chi connectivity index (χ1v) is 10.3. The predicted octanol–water partition coefficient (Wildman–Crippen LogP) is 4.91. The van der Waals surface area contributed by atoms with Crippen molar-refractivity contribution >= 4 is 50.6 Å². The molecule has 0 saturated carbocycles. The van der Waals surface area contributed by atoms with Gasteiger partial charge in [0.15, 0.2) is 11.0 Å². The van der Waals surface area contributed by atoms with Gasteiger partial charge in [0, 0.05) is 16.7 Å². The van der Waals surface area contributed by atoms with E-state index in [0.717, 1.165) is 32.6 Å². The number of thiophene rings is 1. The van der Waals surface area contributed by atoms with E-state index in [0.29, 0.717) is 0 Å². The molecule has 8 heteroatoms. The molecule has 0 aliphatic heterocycles. The number of rotatable bonds is 6. The smallest absolute Gasteiger partial charge is 0.237 e. The van der Waals surface area contributed by atoms with Gasteiger partial charge in [-0.05, 0) is 49.6 Å². The number of nitrogens with one attached hydrogen (secondary N) is 1. The molecule has 0 saturated heterocycles. The molecule has 1 atom stereocenters. The van der Waals surface area contributed by atoms with E-state index < -0.39 is 0 Å². The van der Waals surface area contributed by atoms with E-state index in [-0.39, 0.29) is 11.2 Å². The van der Waals surface area contributed by atoms with Gasteiger partial charge in [0.25, 0.3) is 0 Å². The minimum absolute atomic E-state index is 0.0596. The van der Waals surface area contributed by atoms with Crippen molar-refractivity contribution in [1.29, 1.82) is 0 Å². The van der Waals surface area contributed by atoms with Crippen LogP contribution in [0.15, 0.2) is 51.4 Å². The van der Waals surface area contributed by atoms with E-state index in [2.05, 4.69) is 38.4 Å². The Balaban J connectivity index is 1.71. The number of carbonyl (C=O) groups is 1. The average molecular weight is 437 g/mol. The Morgan fingerprint density at radius 3 is 2.72 bits per heavy atom. The first-order chi connectivity index (χ1) is 12.1. The fraction of sp³-hybridized carbons (Fsp3) is 0.235. The SMILES string of the molecule is CCn1c(SC(C)C(=O)Nc2ccc(Br)cc2)nnc1-c1cccs1. The van der Waals surface area contributed by atoms with Crippen molar-refractivity contribution in [2.75, 3.05) is 5.32 Å². The Hall–Kier alpha value is -1.64. The predicted molar refractivity (Wildman–Crippen MR) is 107 cm³/mol. The third-order valence-electron chi connectivity index (χ3n) is 3.54. The summed E-state index contributed by atoms with van der Waals surface area (Å²) in [5.41, 5.74) is 0.775. The van der Waals surface area contributed by atoms with Gasteiger partial charge in [-0.15, -0.1) is 21.5 Å². The van der Waals surface area contributed by atoms with Gasteiger partial charge in [-0.1, -0.05) is 33.8 Å². The molecule has 2 aromatic heterocycles. The highest BCUT2D eigenvalue weighted by atomic mass is 79.9. The van der Waals surface area contributed by atoms with Gasteiger partial charge in [-0.25, -0.2) is 0 Å². The summed E-state index contributed by atoms with van der Waals surface area (Å²) in [4.78, 5) is 13.5. The Kier molecular flexibility index (Phi) is 5.93. The van der Waals surface area contributed by atoms with Crippen LogP contribution in [0.4, 0.5) is 5.69 Å². The molecule has 1 N–H and O–H groups in total. The highest BCUT2D eigenvalue weighted by Gasteiger charge is 2.20. The highest BCUT2D eigenvalue weighted by Crippen LogP contribution is 2.29. The summed E-state index contributed by atoms with van der Waals surface area (Å²) < 4.78 is 3.02. The first kappa shape index (κ1) is 18.2. The van der Waals surface area contributed by atoms with Crippen LogP contribution in [0.5, 0.6) is 0 Å². The van der Waals surface area contributed by atoms with E-state index in [4.69, 9.17) is 0 Å². The topological polar surface area (TPSA) is 59.8 Å². The summed E-state index contributed by atoms with van der Waals surface area (Å²) in [5, 5.41) is 14.0. The van der Waals surface area contributed by atoms with Crippen LogP contribution in [0, 0.1) is 0 Å². The molecule has 3 aromatic rings. The van der Waals surface area contributed by atoms with Crippen molar-refractivity contribution in [3.8, 4) is 10.7 Å². The van der Waals surface area contributed by atoms with Crippen LogP contribution in [-0.4, -0.2) is 25.9 Å².